The zero-order valence-electron chi connectivity index (χ0n) is 17.8. The molecule has 2 fully saturated rings. The molecule has 6 nitrogen and oxygen atoms in total. The van der Waals surface area contributed by atoms with Crippen LogP contribution in [0.1, 0.15) is 28.4 Å². The summed E-state index contributed by atoms with van der Waals surface area (Å²) in [4.78, 5) is 28.8. The normalized spacial score (nSPS) is 21.4. The van der Waals surface area contributed by atoms with Gasteiger partial charge in [-0.05, 0) is 36.0 Å². The minimum absolute atomic E-state index is 0.0346. The molecule has 170 valence electrons. The van der Waals surface area contributed by atoms with Crippen LogP contribution in [0, 0.1) is 17.7 Å². The Labute approximate surface area is 192 Å². The van der Waals surface area contributed by atoms with Gasteiger partial charge in [0.25, 0.3) is 5.91 Å². The minimum atomic E-state index is -0.576. The number of nitrogens with one attached hydrogen (secondary N) is 1. The zero-order valence-corrected chi connectivity index (χ0v) is 18.6. The molecule has 0 aromatic heterocycles. The number of fused-ring (bicyclic) bond motifs is 1. The van der Waals surface area contributed by atoms with Crippen LogP contribution in [0.25, 0.3) is 0 Å². The average molecular weight is 459 g/mol. The first-order chi connectivity index (χ1) is 15.5. The van der Waals surface area contributed by atoms with Crippen LogP contribution in [-0.2, 0) is 4.79 Å². The summed E-state index contributed by atoms with van der Waals surface area (Å²) in [6.45, 7) is 3.78. The van der Waals surface area contributed by atoms with Crippen LogP contribution in [-0.4, -0.2) is 60.9 Å². The van der Waals surface area contributed by atoms with Gasteiger partial charge >= 0.3 is 0 Å². The zero-order chi connectivity index (χ0) is 22.7. The van der Waals surface area contributed by atoms with Crippen LogP contribution in [0.15, 0.2) is 48.5 Å². The second-order valence-corrected chi connectivity index (χ2v) is 9.02. The van der Waals surface area contributed by atoms with Crippen LogP contribution in [0.4, 0.5) is 4.39 Å². The molecule has 3 N–H and O–H groups in total. The van der Waals surface area contributed by atoms with Crippen molar-refractivity contribution in [2.45, 2.75) is 12.5 Å². The molecule has 2 aromatic rings. The van der Waals surface area contributed by atoms with E-state index in [1.54, 1.807) is 11.0 Å². The van der Waals surface area contributed by atoms with Crippen LogP contribution in [0.3, 0.4) is 0 Å². The Balaban J connectivity index is 1.33. The molecule has 2 amide bonds. The standard InChI is InChI=1S/C24H28ClFN4O2/c25-19-7-4-8-20(26)23(19)24(32)30-14-17-12-29(13-18(17)15-30)10-9-21(28-22(31)11-27)16-5-2-1-3-6-16/h1-8,17-18,21H,9-15,27H2,(H,28,31)/t17-,18?,21?/m0/s1. The molecule has 0 saturated carbocycles. The van der Waals surface area contributed by atoms with Crippen molar-refractivity contribution in [1.29, 1.82) is 0 Å². The van der Waals surface area contributed by atoms with Crippen molar-refractivity contribution in [1.82, 2.24) is 15.1 Å². The monoisotopic (exact) mass is 458 g/mol. The van der Waals surface area contributed by atoms with Crippen LogP contribution in [0.2, 0.25) is 5.02 Å². The molecule has 0 spiro atoms. The molecule has 2 aromatic carbocycles. The molecular formula is C24H28ClFN4O2. The molecule has 2 aliphatic heterocycles. The van der Waals surface area contributed by atoms with Crippen molar-refractivity contribution >= 4 is 23.4 Å². The summed E-state index contributed by atoms with van der Waals surface area (Å²) in [6, 6.07) is 14.1. The fraction of sp³-hybridized carbons (Fsp3) is 0.417. The summed E-state index contributed by atoms with van der Waals surface area (Å²) in [5, 5.41) is 3.17. The first-order valence-electron chi connectivity index (χ1n) is 11.0. The van der Waals surface area contributed by atoms with Crippen LogP contribution in [0.5, 0.6) is 0 Å². The molecular weight excluding hydrogens is 431 g/mol. The number of likely N-dealkylation sites (tertiary alicyclic amines) is 2. The van der Waals surface area contributed by atoms with Gasteiger partial charge in [-0.3, -0.25) is 9.59 Å². The fourth-order valence-corrected chi connectivity index (χ4v) is 5.12. The van der Waals surface area contributed by atoms with Gasteiger partial charge in [-0.2, -0.15) is 0 Å². The second-order valence-electron chi connectivity index (χ2n) is 8.61. The van der Waals surface area contributed by atoms with Crippen molar-refractivity contribution in [2.24, 2.45) is 17.6 Å². The highest BCUT2D eigenvalue weighted by Gasteiger charge is 2.42. The smallest absolute Gasteiger partial charge is 0.258 e. The number of hydrogen-bond donors (Lipinski definition) is 2. The third-order valence-corrected chi connectivity index (χ3v) is 6.80. The Kier molecular flexibility index (Phi) is 7.08. The maximum atomic E-state index is 14.2. The number of benzene rings is 2. The topological polar surface area (TPSA) is 78.7 Å². The maximum absolute atomic E-state index is 14.2. The Morgan fingerprint density at radius 2 is 1.75 bits per heavy atom. The van der Waals surface area contributed by atoms with Gasteiger partial charge in [0.15, 0.2) is 0 Å². The molecule has 0 radical (unpaired) electrons. The molecule has 2 saturated heterocycles. The average Bonchev–Trinajstić information content (AvgIpc) is 3.36. The maximum Gasteiger partial charge on any atom is 0.258 e. The lowest BCUT2D eigenvalue weighted by molar-refractivity contribution is -0.120. The Hall–Kier alpha value is -2.48. The van der Waals surface area contributed by atoms with E-state index in [-0.39, 0.29) is 35.0 Å². The van der Waals surface area contributed by atoms with E-state index in [9.17, 15) is 14.0 Å². The Bertz CT molecular complexity index is 939. The lowest BCUT2D eigenvalue weighted by atomic mass is 10.0. The first-order valence-corrected chi connectivity index (χ1v) is 11.3. The second kappa shape index (κ2) is 9.98. The van der Waals surface area contributed by atoms with E-state index in [0.29, 0.717) is 24.9 Å². The fourth-order valence-electron chi connectivity index (χ4n) is 4.87. The van der Waals surface area contributed by atoms with Gasteiger partial charge in [-0.1, -0.05) is 48.0 Å². The summed E-state index contributed by atoms with van der Waals surface area (Å²) in [7, 11) is 0. The van der Waals surface area contributed by atoms with E-state index in [1.165, 1.54) is 12.1 Å². The summed E-state index contributed by atoms with van der Waals surface area (Å²) >= 11 is 6.08. The van der Waals surface area contributed by atoms with E-state index in [0.717, 1.165) is 31.6 Å². The number of carbonyl (C=O) groups is 2. The molecule has 32 heavy (non-hydrogen) atoms. The lowest BCUT2D eigenvalue weighted by Gasteiger charge is -2.25. The van der Waals surface area contributed by atoms with E-state index >= 15 is 0 Å². The molecule has 2 heterocycles. The molecule has 2 aliphatic rings. The summed E-state index contributed by atoms with van der Waals surface area (Å²) in [5.41, 5.74) is 6.52. The predicted octanol–water partition coefficient (Wildman–Crippen LogP) is 2.69. The first kappa shape index (κ1) is 22.7. The summed E-state index contributed by atoms with van der Waals surface area (Å²) in [6.07, 6.45) is 0.780. The number of hydrogen-bond acceptors (Lipinski definition) is 4. The van der Waals surface area contributed by atoms with E-state index in [2.05, 4.69) is 10.2 Å². The number of rotatable bonds is 7. The number of amides is 2. The Morgan fingerprint density at radius 1 is 1.06 bits per heavy atom. The number of nitrogens with two attached hydrogens (primary N) is 1. The SMILES string of the molecule is NCC(=O)NC(CCN1CC2CN(C(=O)c3c(F)cccc3Cl)C[C@@H]2C1)c1ccccc1. The third kappa shape index (κ3) is 4.95. The van der Waals surface area contributed by atoms with E-state index in [1.807, 2.05) is 30.3 Å². The quantitative estimate of drug-likeness (QED) is 0.668. The molecule has 8 heteroatoms. The minimum Gasteiger partial charge on any atom is -0.348 e. The molecule has 2 unspecified atom stereocenters. The predicted molar refractivity (Wildman–Crippen MR) is 122 cm³/mol. The summed E-state index contributed by atoms with van der Waals surface area (Å²) in [5.74, 6) is -0.356. The highest BCUT2D eigenvalue weighted by atomic mass is 35.5. The van der Waals surface area contributed by atoms with Crippen molar-refractivity contribution in [3.05, 3.63) is 70.5 Å². The van der Waals surface area contributed by atoms with Gasteiger partial charge in [0.05, 0.1) is 23.2 Å². The number of halogens is 2. The van der Waals surface area contributed by atoms with Gasteiger partial charge in [-0.25, -0.2) is 4.39 Å². The summed E-state index contributed by atoms with van der Waals surface area (Å²) < 4.78 is 14.2. The third-order valence-electron chi connectivity index (χ3n) is 6.48. The van der Waals surface area contributed by atoms with Crippen molar-refractivity contribution in [2.75, 3.05) is 39.3 Å². The molecule has 4 rings (SSSR count). The molecule has 0 bridgehead atoms. The van der Waals surface area contributed by atoms with Gasteiger partial charge in [0, 0.05) is 32.7 Å². The molecule has 3 atom stereocenters. The van der Waals surface area contributed by atoms with Crippen LogP contribution < -0.4 is 11.1 Å². The highest BCUT2D eigenvalue weighted by molar-refractivity contribution is 6.33. The lowest BCUT2D eigenvalue weighted by Crippen LogP contribution is -2.37. The van der Waals surface area contributed by atoms with Crippen molar-refractivity contribution in [3.63, 3.8) is 0 Å². The van der Waals surface area contributed by atoms with Gasteiger partial charge < -0.3 is 20.9 Å². The Morgan fingerprint density at radius 3 is 2.38 bits per heavy atom. The van der Waals surface area contributed by atoms with E-state index < -0.39 is 5.82 Å². The van der Waals surface area contributed by atoms with Gasteiger partial charge in [0.1, 0.15) is 5.82 Å². The van der Waals surface area contributed by atoms with Crippen molar-refractivity contribution in [3.8, 4) is 0 Å². The van der Waals surface area contributed by atoms with Gasteiger partial charge in [-0.15, -0.1) is 0 Å². The number of carbonyl (C=O) groups excluding carboxylic acids is 2. The van der Waals surface area contributed by atoms with Crippen LogP contribution >= 0.6 is 11.6 Å². The van der Waals surface area contributed by atoms with E-state index in [4.69, 9.17) is 17.3 Å². The van der Waals surface area contributed by atoms with Gasteiger partial charge in [0.2, 0.25) is 5.91 Å². The largest absolute Gasteiger partial charge is 0.348 e. The molecule has 0 aliphatic carbocycles. The number of nitrogens with zero attached hydrogens (tertiary/aromatic N) is 2. The highest BCUT2D eigenvalue weighted by Crippen LogP contribution is 2.33. The van der Waals surface area contributed by atoms with Crippen molar-refractivity contribution < 1.29 is 14.0 Å².